The summed E-state index contributed by atoms with van der Waals surface area (Å²) in [7, 11) is 0. The van der Waals surface area contributed by atoms with Crippen LogP contribution in [0.3, 0.4) is 0 Å². The molecule has 1 aromatic heterocycles. The molecule has 1 aliphatic carbocycles. The topological polar surface area (TPSA) is 74.2 Å². The molecule has 0 saturated heterocycles. The van der Waals surface area contributed by atoms with E-state index in [-0.39, 0.29) is 6.61 Å². The normalized spacial score (nSPS) is 16.8. The van der Waals surface area contributed by atoms with Gasteiger partial charge in [-0.3, -0.25) is 0 Å². The fraction of sp³-hybridized carbons (Fsp3) is 0.429. The van der Waals surface area contributed by atoms with Crippen molar-refractivity contribution < 1.29 is 9.26 Å². The predicted molar refractivity (Wildman–Crippen MR) is 74.5 cm³/mol. The first-order valence-electron chi connectivity index (χ1n) is 6.58. The molecule has 1 aromatic carbocycles. The van der Waals surface area contributed by atoms with Crippen molar-refractivity contribution in [3.63, 3.8) is 0 Å². The SMILES string of the molecule is Cc1cc(OCc2nc(C3(N)CCC3)no2)ccc1Cl. The molecule has 3 rings (SSSR count). The number of hydrogen-bond donors (Lipinski definition) is 1. The molecule has 0 atom stereocenters. The lowest BCUT2D eigenvalue weighted by Gasteiger charge is -2.34. The van der Waals surface area contributed by atoms with Gasteiger partial charge in [0.05, 0.1) is 5.54 Å². The van der Waals surface area contributed by atoms with Crippen molar-refractivity contribution in [2.24, 2.45) is 5.73 Å². The van der Waals surface area contributed by atoms with Crippen molar-refractivity contribution in [1.29, 1.82) is 0 Å². The summed E-state index contributed by atoms with van der Waals surface area (Å²) < 4.78 is 10.8. The average molecular weight is 294 g/mol. The molecule has 0 unspecified atom stereocenters. The van der Waals surface area contributed by atoms with Crippen molar-refractivity contribution in [3.05, 3.63) is 40.5 Å². The molecular formula is C14H16ClN3O2. The van der Waals surface area contributed by atoms with Gasteiger partial charge in [0.15, 0.2) is 12.4 Å². The van der Waals surface area contributed by atoms with E-state index in [2.05, 4.69) is 10.1 Å². The highest BCUT2D eigenvalue weighted by atomic mass is 35.5. The third-order valence-corrected chi connectivity index (χ3v) is 4.07. The van der Waals surface area contributed by atoms with Gasteiger partial charge in [-0.1, -0.05) is 16.8 Å². The van der Waals surface area contributed by atoms with Crippen LogP contribution >= 0.6 is 11.6 Å². The maximum Gasteiger partial charge on any atom is 0.264 e. The summed E-state index contributed by atoms with van der Waals surface area (Å²) in [5, 5.41) is 4.66. The minimum absolute atomic E-state index is 0.226. The molecule has 20 heavy (non-hydrogen) atoms. The second-order valence-electron chi connectivity index (χ2n) is 5.22. The molecule has 2 aromatic rings. The van der Waals surface area contributed by atoms with Gasteiger partial charge in [0.2, 0.25) is 0 Å². The third-order valence-electron chi connectivity index (χ3n) is 3.65. The number of benzene rings is 1. The van der Waals surface area contributed by atoms with E-state index in [1.54, 1.807) is 6.07 Å². The quantitative estimate of drug-likeness (QED) is 0.938. The molecule has 2 N–H and O–H groups in total. The molecule has 0 amide bonds. The molecule has 0 spiro atoms. The highest BCUT2D eigenvalue weighted by molar-refractivity contribution is 6.31. The summed E-state index contributed by atoms with van der Waals surface area (Å²) in [6.45, 7) is 2.15. The molecule has 0 radical (unpaired) electrons. The van der Waals surface area contributed by atoms with E-state index in [1.807, 2.05) is 19.1 Å². The monoisotopic (exact) mass is 293 g/mol. The number of ether oxygens (including phenoxy) is 1. The van der Waals surface area contributed by atoms with E-state index in [1.165, 1.54) is 0 Å². The summed E-state index contributed by atoms with van der Waals surface area (Å²) >= 11 is 5.96. The van der Waals surface area contributed by atoms with Crippen molar-refractivity contribution in [2.45, 2.75) is 38.3 Å². The Balaban J connectivity index is 1.65. The van der Waals surface area contributed by atoms with Crippen LogP contribution < -0.4 is 10.5 Å². The van der Waals surface area contributed by atoms with Crippen molar-refractivity contribution in [3.8, 4) is 5.75 Å². The second-order valence-corrected chi connectivity index (χ2v) is 5.63. The first-order chi connectivity index (χ1) is 9.57. The van der Waals surface area contributed by atoms with E-state index < -0.39 is 5.54 Å². The van der Waals surface area contributed by atoms with Crippen LogP contribution in [0, 0.1) is 6.92 Å². The highest BCUT2D eigenvalue weighted by Gasteiger charge is 2.38. The smallest absolute Gasteiger partial charge is 0.264 e. The minimum atomic E-state index is -0.404. The van der Waals surface area contributed by atoms with Crippen molar-refractivity contribution in [1.82, 2.24) is 10.1 Å². The van der Waals surface area contributed by atoms with E-state index >= 15 is 0 Å². The van der Waals surface area contributed by atoms with Crippen LogP contribution in [0.25, 0.3) is 0 Å². The maximum atomic E-state index is 6.14. The Labute approximate surface area is 122 Å². The summed E-state index contributed by atoms with van der Waals surface area (Å²) in [5.41, 5.74) is 6.70. The molecule has 106 valence electrons. The molecule has 1 aliphatic rings. The largest absolute Gasteiger partial charge is 0.484 e. The summed E-state index contributed by atoms with van der Waals surface area (Å²) in [4.78, 5) is 4.31. The Hall–Kier alpha value is -1.59. The minimum Gasteiger partial charge on any atom is -0.484 e. The Bertz CT molecular complexity index is 623. The zero-order valence-electron chi connectivity index (χ0n) is 11.2. The van der Waals surface area contributed by atoms with E-state index in [4.69, 9.17) is 26.6 Å². The van der Waals surface area contributed by atoms with Gasteiger partial charge in [0.1, 0.15) is 5.75 Å². The Morgan fingerprint density at radius 3 is 2.90 bits per heavy atom. The maximum absolute atomic E-state index is 6.14. The van der Waals surface area contributed by atoms with Gasteiger partial charge in [-0.15, -0.1) is 0 Å². The predicted octanol–water partition coefficient (Wildman–Crippen LogP) is 2.95. The molecule has 6 heteroatoms. The van der Waals surface area contributed by atoms with Gasteiger partial charge < -0.3 is 15.0 Å². The first kappa shape index (κ1) is 13.4. The van der Waals surface area contributed by atoms with Gasteiger partial charge in [-0.05, 0) is 49.9 Å². The molecule has 1 heterocycles. The fourth-order valence-electron chi connectivity index (χ4n) is 2.15. The number of hydrogen-bond acceptors (Lipinski definition) is 5. The third kappa shape index (κ3) is 2.51. The van der Waals surface area contributed by atoms with Crippen LogP contribution in [0.5, 0.6) is 5.75 Å². The lowest BCUT2D eigenvalue weighted by Crippen LogP contribution is -2.44. The first-order valence-corrected chi connectivity index (χ1v) is 6.95. The summed E-state index contributed by atoms with van der Waals surface area (Å²) in [5.74, 6) is 1.73. The molecule has 5 nitrogen and oxygen atoms in total. The number of nitrogens with two attached hydrogens (primary N) is 1. The zero-order valence-corrected chi connectivity index (χ0v) is 12.0. The van der Waals surface area contributed by atoms with Crippen LogP contribution in [0.15, 0.2) is 22.7 Å². The Morgan fingerprint density at radius 1 is 1.45 bits per heavy atom. The molecular weight excluding hydrogens is 278 g/mol. The lowest BCUT2D eigenvalue weighted by molar-refractivity contribution is 0.223. The Morgan fingerprint density at radius 2 is 2.25 bits per heavy atom. The lowest BCUT2D eigenvalue weighted by atomic mass is 9.77. The second kappa shape index (κ2) is 5.07. The van der Waals surface area contributed by atoms with Crippen molar-refractivity contribution >= 4 is 11.6 Å². The fourth-order valence-corrected chi connectivity index (χ4v) is 2.27. The number of halogens is 1. The highest BCUT2D eigenvalue weighted by Crippen LogP contribution is 2.36. The molecule has 1 saturated carbocycles. The molecule has 0 aliphatic heterocycles. The van der Waals surface area contributed by atoms with Gasteiger partial charge in [0, 0.05) is 5.02 Å². The number of aryl methyl sites for hydroxylation is 1. The summed E-state index contributed by atoms with van der Waals surface area (Å²) in [6, 6.07) is 5.48. The van der Waals surface area contributed by atoms with Gasteiger partial charge in [-0.2, -0.15) is 4.98 Å². The number of nitrogens with zero attached hydrogens (tertiary/aromatic N) is 2. The van der Waals surface area contributed by atoms with Crippen LogP contribution in [0.2, 0.25) is 5.02 Å². The molecule has 0 bridgehead atoms. The van der Waals surface area contributed by atoms with Gasteiger partial charge in [0.25, 0.3) is 5.89 Å². The van der Waals surface area contributed by atoms with E-state index in [9.17, 15) is 0 Å². The van der Waals surface area contributed by atoms with Crippen LogP contribution in [-0.2, 0) is 12.1 Å². The standard InChI is InChI=1S/C14H16ClN3O2/c1-9-7-10(3-4-11(9)15)19-8-12-17-13(18-20-12)14(16)5-2-6-14/h3-4,7H,2,5-6,8,16H2,1H3. The van der Waals surface area contributed by atoms with E-state index in [0.717, 1.165) is 30.6 Å². The average Bonchev–Trinajstić information content (AvgIpc) is 2.86. The zero-order chi connectivity index (χ0) is 14.2. The Kier molecular flexibility index (Phi) is 3.40. The number of rotatable bonds is 4. The van der Waals surface area contributed by atoms with E-state index in [0.29, 0.717) is 16.7 Å². The van der Waals surface area contributed by atoms with Crippen LogP contribution in [0.1, 0.15) is 36.5 Å². The van der Waals surface area contributed by atoms with Gasteiger partial charge >= 0.3 is 0 Å². The van der Waals surface area contributed by atoms with Gasteiger partial charge in [-0.25, -0.2) is 0 Å². The van der Waals surface area contributed by atoms with Crippen LogP contribution in [0.4, 0.5) is 0 Å². The van der Waals surface area contributed by atoms with Crippen molar-refractivity contribution in [2.75, 3.05) is 0 Å². The summed E-state index contributed by atoms with van der Waals surface area (Å²) in [6.07, 6.45) is 2.92. The molecule has 1 fully saturated rings. The number of aromatic nitrogens is 2. The van der Waals surface area contributed by atoms with Crippen LogP contribution in [-0.4, -0.2) is 10.1 Å².